The van der Waals surface area contributed by atoms with E-state index in [-0.39, 0.29) is 0 Å². The summed E-state index contributed by atoms with van der Waals surface area (Å²) in [5.41, 5.74) is 0. The summed E-state index contributed by atoms with van der Waals surface area (Å²) in [4.78, 5) is 5.65. The van der Waals surface area contributed by atoms with Crippen molar-refractivity contribution in [3.05, 3.63) is 16.1 Å². The van der Waals surface area contributed by atoms with E-state index in [9.17, 15) is 0 Å². The molecule has 0 radical (unpaired) electrons. The molecule has 0 aromatic carbocycles. The average molecular weight is 242 g/mol. The Hall–Kier alpha value is -0.450. The summed E-state index contributed by atoms with van der Waals surface area (Å²) in [6, 6.07) is 0. The Morgan fingerprint density at radius 2 is 2.12 bits per heavy atom. The van der Waals surface area contributed by atoms with Crippen LogP contribution in [-0.2, 0) is 13.0 Å². The first-order valence-electron chi connectivity index (χ1n) is 6.12. The summed E-state index contributed by atoms with van der Waals surface area (Å²) in [7, 11) is 0. The van der Waals surface area contributed by atoms with Gasteiger partial charge in [-0.25, -0.2) is 4.98 Å². The first-order valence-corrected chi connectivity index (χ1v) is 6.93. The van der Waals surface area contributed by atoms with Gasteiger partial charge in [-0.3, -0.25) is 0 Å². The van der Waals surface area contributed by atoms with Gasteiger partial charge in [-0.2, -0.15) is 0 Å². The fourth-order valence-electron chi connectivity index (χ4n) is 1.52. The summed E-state index contributed by atoms with van der Waals surface area (Å²) in [6.45, 7) is 4.47. The van der Waals surface area contributed by atoms with E-state index in [0.717, 1.165) is 32.4 Å². The molecule has 1 aromatic rings. The molecule has 0 spiro atoms. The van der Waals surface area contributed by atoms with Crippen molar-refractivity contribution in [2.45, 2.75) is 45.6 Å². The van der Waals surface area contributed by atoms with Crippen molar-refractivity contribution in [3.8, 4) is 0 Å². The van der Waals surface area contributed by atoms with Gasteiger partial charge in [-0.1, -0.05) is 19.8 Å². The Balaban J connectivity index is 1.98. The molecule has 1 rings (SSSR count). The van der Waals surface area contributed by atoms with E-state index >= 15 is 0 Å². The Kier molecular flexibility index (Phi) is 7.38. The third kappa shape index (κ3) is 5.58. The van der Waals surface area contributed by atoms with Crippen LogP contribution < -0.4 is 5.32 Å². The van der Waals surface area contributed by atoms with Crippen LogP contribution in [0.5, 0.6) is 0 Å². The van der Waals surface area contributed by atoms with Crippen LogP contribution in [0.1, 0.15) is 42.5 Å². The second-order valence-electron chi connectivity index (χ2n) is 3.89. The minimum atomic E-state index is 0.327. The highest BCUT2D eigenvalue weighted by atomic mass is 32.1. The van der Waals surface area contributed by atoms with Gasteiger partial charge in [0.2, 0.25) is 0 Å². The molecule has 0 bridgehead atoms. The number of unbranched alkanes of at least 4 members (excludes halogenated alkanes) is 3. The number of thiazole rings is 1. The van der Waals surface area contributed by atoms with Crippen LogP contribution in [0.3, 0.4) is 0 Å². The third-order valence-corrected chi connectivity index (χ3v) is 3.61. The van der Waals surface area contributed by atoms with Gasteiger partial charge < -0.3 is 10.4 Å². The van der Waals surface area contributed by atoms with Crippen molar-refractivity contribution in [3.63, 3.8) is 0 Å². The lowest BCUT2D eigenvalue weighted by Gasteiger charge is -2.02. The molecule has 0 saturated heterocycles. The minimum Gasteiger partial charge on any atom is -0.396 e. The number of aliphatic hydroxyl groups excluding tert-OH is 1. The number of aryl methyl sites for hydroxylation is 1. The Morgan fingerprint density at radius 3 is 2.81 bits per heavy atom. The Morgan fingerprint density at radius 1 is 1.31 bits per heavy atom. The number of aliphatic hydroxyl groups is 1. The van der Waals surface area contributed by atoms with Gasteiger partial charge in [0.05, 0.1) is 5.01 Å². The maximum Gasteiger partial charge on any atom is 0.0925 e. The summed E-state index contributed by atoms with van der Waals surface area (Å²) in [6.07, 6.45) is 7.48. The third-order valence-electron chi connectivity index (χ3n) is 2.46. The standard InChI is InChI=1S/C12H22N2OS/c1-2-12-14-10-11(16-12)9-13-7-5-3-4-6-8-15/h10,13,15H,2-9H2,1H3. The molecule has 1 heterocycles. The summed E-state index contributed by atoms with van der Waals surface area (Å²) >= 11 is 1.80. The smallest absolute Gasteiger partial charge is 0.0925 e. The molecule has 0 amide bonds. The van der Waals surface area contributed by atoms with Crippen molar-refractivity contribution < 1.29 is 5.11 Å². The molecular formula is C12H22N2OS. The maximum atomic E-state index is 8.62. The predicted octanol–water partition coefficient (Wildman–Crippen LogP) is 2.35. The van der Waals surface area contributed by atoms with Crippen LogP contribution in [0.4, 0.5) is 0 Å². The highest BCUT2D eigenvalue weighted by molar-refractivity contribution is 7.11. The van der Waals surface area contributed by atoms with Crippen molar-refractivity contribution in [2.75, 3.05) is 13.2 Å². The van der Waals surface area contributed by atoms with E-state index in [1.54, 1.807) is 11.3 Å². The first-order chi connectivity index (χ1) is 7.86. The van der Waals surface area contributed by atoms with Gasteiger partial charge in [0.15, 0.2) is 0 Å². The van der Waals surface area contributed by atoms with Gasteiger partial charge >= 0.3 is 0 Å². The number of hydrogen-bond donors (Lipinski definition) is 2. The van der Waals surface area contributed by atoms with Crippen LogP contribution >= 0.6 is 11.3 Å². The molecule has 0 unspecified atom stereocenters. The Bertz CT molecular complexity index is 276. The number of aromatic nitrogens is 1. The van der Waals surface area contributed by atoms with Crippen LogP contribution in [0.15, 0.2) is 6.20 Å². The normalized spacial score (nSPS) is 10.9. The lowest BCUT2D eigenvalue weighted by molar-refractivity contribution is 0.282. The number of hydrogen-bond acceptors (Lipinski definition) is 4. The SMILES string of the molecule is CCc1ncc(CNCCCCCCO)s1. The Labute approximate surface area is 102 Å². The quantitative estimate of drug-likeness (QED) is 0.653. The van der Waals surface area contributed by atoms with E-state index in [1.807, 2.05) is 6.20 Å². The van der Waals surface area contributed by atoms with Crippen LogP contribution in [-0.4, -0.2) is 23.2 Å². The second kappa shape index (κ2) is 8.67. The predicted molar refractivity (Wildman–Crippen MR) is 68.8 cm³/mol. The monoisotopic (exact) mass is 242 g/mol. The molecule has 3 nitrogen and oxygen atoms in total. The highest BCUT2D eigenvalue weighted by Crippen LogP contribution is 2.12. The van der Waals surface area contributed by atoms with E-state index in [4.69, 9.17) is 5.11 Å². The zero-order chi connectivity index (χ0) is 11.6. The number of nitrogens with one attached hydrogen (secondary N) is 1. The van der Waals surface area contributed by atoms with E-state index < -0.39 is 0 Å². The molecule has 0 saturated carbocycles. The van der Waals surface area contributed by atoms with Crippen molar-refractivity contribution in [2.24, 2.45) is 0 Å². The molecule has 0 atom stereocenters. The molecule has 2 N–H and O–H groups in total. The van der Waals surface area contributed by atoms with Crippen LogP contribution in [0, 0.1) is 0 Å². The van der Waals surface area contributed by atoms with Crippen molar-refractivity contribution in [1.29, 1.82) is 0 Å². The van der Waals surface area contributed by atoms with Crippen LogP contribution in [0.25, 0.3) is 0 Å². The maximum absolute atomic E-state index is 8.62. The lowest BCUT2D eigenvalue weighted by atomic mass is 10.2. The molecule has 4 heteroatoms. The van der Waals surface area contributed by atoms with Gasteiger partial charge in [0, 0.05) is 24.2 Å². The first kappa shape index (κ1) is 13.6. The molecule has 16 heavy (non-hydrogen) atoms. The van der Waals surface area contributed by atoms with E-state index in [2.05, 4.69) is 17.2 Å². The largest absolute Gasteiger partial charge is 0.396 e. The zero-order valence-corrected chi connectivity index (χ0v) is 10.9. The minimum absolute atomic E-state index is 0.327. The molecule has 0 aliphatic heterocycles. The lowest BCUT2D eigenvalue weighted by Crippen LogP contribution is -2.13. The summed E-state index contributed by atoms with van der Waals surface area (Å²) < 4.78 is 0. The molecule has 0 aliphatic rings. The summed E-state index contributed by atoms with van der Waals surface area (Å²) in [5, 5.41) is 13.3. The molecular weight excluding hydrogens is 220 g/mol. The second-order valence-corrected chi connectivity index (χ2v) is 5.09. The van der Waals surface area contributed by atoms with Crippen LogP contribution in [0.2, 0.25) is 0 Å². The van der Waals surface area contributed by atoms with Gasteiger partial charge in [0.1, 0.15) is 0 Å². The van der Waals surface area contributed by atoms with Gasteiger partial charge in [-0.15, -0.1) is 11.3 Å². The molecule has 92 valence electrons. The van der Waals surface area contributed by atoms with Crippen molar-refractivity contribution in [1.82, 2.24) is 10.3 Å². The van der Waals surface area contributed by atoms with Gasteiger partial charge in [-0.05, 0) is 25.8 Å². The summed E-state index contributed by atoms with van der Waals surface area (Å²) in [5.74, 6) is 0. The fraction of sp³-hybridized carbons (Fsp3) is 0.750. The van der Waals surface area contributed by atoms with Gasteiger partial charge in [0.25, 0.3) is 0 Å². The topological polar surface area (TPSA) is 45.2 Å². The molecule has 0 fully saturated rings. The fourth-order valence-corrected chi connectivity index (χ4v) is 2.35. The number of rotatable bonds is 9. The zero-order valence-electron chi connectivity index (χ0n) is 10.0. The van der Waals surface area contributed by atoms with E-state index in [1.165, 1.54) is 22.7 Å². The van der Waals surface area contributed by atoms with Crippen molar-refractivity contribution >= 4 is 11.3 Å². The van der Waals surface area contributed by atoms with E-state index in [0.29, 0.717) is 6.61 Å². The number of nitrogens with zero attached hydrogens (tertiary/aromatic N) is 1. The average Bonchev–Trinajstić information content (AvgIpc) is 2.76. The highest BCUT2D eigenvalue weighted by Gasteiger charge is 1.98. The molecule has 1 aromatic heterocycles. The molecule has 0 aliphatic carbocycles.